The Balaban J connectivity index is 2.96. The molecule has 1 aromatic heterocycles. The van der Waals surface area contributed by atoms with Crippen LogP contribution >= 0.6 is 15.9 Å². The van der Waals surface area contributed by atoms with E-state index in [2.05, 4.69) is 20.9 Å². The molecule has 0 spiro atoms. The Morgan fingerprint density at radius 3 is 2.50 bits per heavy atom. The minimum Gasteiger partial charge on any atom is -0.597 e. The number of hydrogen-bond donors (Lipinski definition) is 0. The molecule has 5 heteroatoms. The smallest absolute Gasteiger partial charge is 0.137 e. The van der Waals surface area contributed by atoms with Crippen molar-refractivity contribution in [2.75, 3.05) is 6.54 Å². The Morgan fingerprint density at radius 1 is 1.44 bits per heavy atom. The summed E-state index contributed by atoms with van der Waals surface area (Å²) in [6.45, 7) is 10.8. The van der Waals surface area contributed by atoms with Crippen molar-refractivity contribution >= 4 is 27.3 Å². The quantitative estimate of drug-likeness (QED) is 0.623. The van der Waals surface area contributed by atoms with Gasteiger partial charge in [0.1, 0.15) is 9.35 Å². The van der Waals surface area contributed by atoms with Crippen LogP contribution in [0.2, 0.25) is 0 Å². The second-order valence-corrected chi connectivity index (χ2v) is 8.16. The fourth-order valence-corrected chi connectivity index (χ4v) is 3.38. The zero-order valence-electron chi connectivity index (χ0n) is 11.6. The van der Waals surface area contributed by atoms with Gasteiger partial charge in [-0.3, -0.25) is 0 Å². The van der Waals surface area contributed by atoms with Crippen molar-refractivity contribution in [3.63, 3.8) is 0 Å². The first kappa shape index (κ1) is 16.0. The van der Waals surface area contributed by atoms with Gasteiger partial charge in [0.15, 0.2) is 0 Å². The van der Waals surface area contributed by atoms with Crippen LogP contribution in [0.4, 0.5) is 0 Å². The van der Waals surface area contributed by atoms with E-state index in [4.69, 9.17) is 0 Å². The summed E-state index contributed by atoms with van der Waals surface area (Å²) in [6.07, 6.45) is 0. The molecule has 1 heterocycles. The highest BCUT2D eigenvalue weighted by atomic mass is 79.9. The van der Waals surface area contributed by atoms with Crippen molar-refractivity contribution in [1.29, 1.82) is 0 Å². The van der Waals surface area contributed by atoms with Crippen molar-refractivity contribution in [3.8, 4) is 0 Å². The molecule has 0 aliphatic carbocycles. The maximum atomic E-state index is 12.5. The number of nitrogens with zero attached hydrogens (tertiary/aromatic N) is 2. The lowest BCUT2D eigenvalue weighted by Gasteiger charge is -2.35. The Hall–Kier alpha value is -0.100. The molecule has 0 N–H and O–H groups in total. The third-order valence-corrected chi connectivity index (χ3v) is 5.13. The fourth-order valence-electron chi connectivity index (χ4n) is 1.69. The third-order valence-electron chi connectivity index (χ3n) is 2.65. The molecule has 18 heavy (non-hydrogen) atoms. The summed E-state index contributed by atoms with van der Waals surface area (Å²) in [5.41, 5.74) is 0.934. The average molecular weight is 333 g/mol. The van der Waals surface area contributed by atoms with Crippen molar-refractivity contribution < 1.29 is 4.55 Å². The first-order chi connectivity index (χ1) is 8.27. The molecular weight excluding hydrogens is 312 g/mol. The summed E-state index contributed by atoms with van der Waals surface area (Å²) in [6, 6.07) is 5.86. The predicted octanol–water partition coefficient (Wildman–Crippen LogP) is 3.69. The molecule has 1 rings (SSSR count). The molecular formula is C13H21BrN2OS. The summed E-state index contributed by atoms with van der Waals surface area (Å²) in [7, 11) is 0. The van der Waals surface area contributed by atoms with Gasteiger partial charge in [0.25, 0.3) is 0 Å². The van der Waals surface area contributed by atoms with E-state index in [1.54, 1.807) is 0 Å². The van der Waals surface area contributed by atoms with E-state index in [-0.39, 0.29) is 10.8 Å². The zero-order chi connectivity index (χ0) is 13.9. The molecule has 0 radical (unpaired) electrons. The summed E-state index contributed by atoms with van der Waals surface area (Å²) in [5.74, 6) is 0. The number of halogens is 1. The standard InChI is InChI=1S/C13H21BrN2OS/c1-6-16(18(17)13(3,4)5)10(2)11-8-7-9-12(14)15-11/h7-10H,6H2,1-5H3/t10-,18?/m1/s1. The average Bonchev–Trinajstić information content (AvgIpc) is 2.28. The number of pyridine rings is 1. The fraction of sp³-hybridized carbons (Fsp3) is 0.615. The van der Waals surface area contributed by atoms with Crippen LogP contribution in [-0.2, 0) is 11.4 Å². The van der Waals surface area contributed by atoms with Gasteiger partial charge in [-0.15, -0.1) is 4.31 Å². The number of hydrogen-bond acceptors (Lipinski definition) is 3. The maximum absolute atomic E-state index is 12.5. The Labute approximate surface area is 121 Å². The van der Waals surface area contributed by atoms with Gasteiger partial charge in [-0.2, -0.15) is 0 Å². The molecule has 0 bridgehead atoms. The molecule has 2 atom stereocenters. The molecule has 1 unspecified atom stereocenters. The Bertz CT molecular complexity index is 395. The molecule has 1 aromatic rings. The second-order valence-electron chi connectivity index (χ2n) is 5.16. The van der Waals surface area contributed by atoms with Gasteiger partial charge < -0.3 is 4.55 Å². The number of rotatable bonds is 4. The van der Waals surface area contributed by atoms with E-state index in [1.807, 2.05) is 57.1 Å². The third kappa shape index (κ3) is 3.95. The van der Waals surface area contributed by atoms with Crippen molar-refractivity contribution in [3.05, 3.63) is 28.5 Å². The zero-order valence-corrected chi connectivity index (χ0v) is 14.0. The van der Waals surface area contributed by atoms with Crippen molar-refractivity contribution in [2.24, 2.45) is 0 Å². The van der Waals surface area contributed by atoms with Crippen molar-refractivity contribution in [1.82, 2.24) is 9.29 Å². The van der Waals surface area contributed by atoms with E-state index in [1.165, 1.54) is 0 Å². The highest BCUT2D eigenvalue weighted by Gasteiger charge is 2.36. The van der Waals surface area contributed by atoms with E-state index in [0.29, 0.717) is 0 Å². The van der Waals surface area contributed by atoms with Crippen LogP contribution in [-0.4, -0.2) is 25.1 Å². The van der Waals surface area contributed by atoms with Crippen LogP contribution in [0, 0.1) is 0 Å². The lowest BCUT2D eigenvalue weighted by Crippen LogP contribution is -2.44. The topological polar surface area (TPSA) is 39.2 Å². The highest BCUT2D eigenvalue weighted by Crippen LogP contribution is 2.29. The molecule has 0 aromatic carbocycles. The van der Waals surface area contributed by atoms with Gasteiger partial charge >= 0.3 is 0 Å². The van der Waals surface area contributed by atoms with Gasteiger partial charge in [-0.1, -0.05) is 6.07 Å². The molecule has 0 saturated carbocycles. The molecule has 3 nitrogen and oxygen atoms in total. The van der Waals surface area contributed by atoms with Crippen LogP contribution in [0.25, 0.3) is 0 Å². The molecule has 0 saturated heterocycles. The van der Waals surface area contributed by atoms with E-state index >= 15 is 0 Å². The lowest BCUT2D eigenvalue weighted by atomic mass is 10.2. The summed E-state index contributed by atoms with van der Waals surface area (Å²) < 4.78 is 15.0. The lowest BCUT2D eigenvalue weighted by molar-refractivity contribution is 0.339. The van der Waals surface area contributed by atoms with Crippen LogP contribution < -0.4 is 0 Å². The van der Waals surface area contributed by atoms with Crippen LogP contribution in [0.3, 0.4) is 0 Å². The van der Waals surface area contributed by atoms with E-state index in [0.717, 1.165) is 16.8 Å². The number of aromatic nitrogens is 1. The molecule has 0 amide bonds. The van der Waals surface area contributed by atoms with Gasteiger partial charge in [-0.05, 0) is 62.7 Å². The van der Waals surface area contributed by atoms with Crippen LogP contribution in [0.5, 0.6) is 0 Å². The van der Waals surface area contributed by atoms with Gasteiger partial charge in [0.05, 0.1) is 11.7 Å². The normalized spacial score (nSPS) is 15.8. The Morgan fingerprint density at radius 2 is 2.06 bits per heavy atom. The molecule has 0 aliphatic heterocycles. The minimum absolute atomic E-state index is 0.0348. The monoisotopic (exact) mass is 332 g/mol. The SMILES string of the molecule is CCN([C@H](C)c1cccc(Br)n1)[S+]([O-])C(C)(C)C. The largest absolute Gasteiger partial charge is 0.597 e. The second kappa shape index (κ2) is 6.37. The molecule has 0 aliphatic rings. The van der Waals surface area contributed by atoms with Crippen LogP contribution in [0.15, 0.2) is 22.8 Å². The van der Waals surface area contributed by atoms with Gasteiger partial charge in [-0.25, -0.2) is 4.98 Å². The van der Waals surface area contributed by atoms with E-state index in [9.17, 15) is 4.55 Å². The summed E-state index contributed by atoms with van der Waals surface area (Å²) in [4.78, 5) is 4.45. The minimum atomic E-state index is -1.03. The Kier molecular flexibility index (Phi) is 5.65. The summed E-state index contributed by atoms with van der Waals surface area (Å²) in [5, 5.41) is 0. The van der Waals surface area contributed by atoms with E-state index < -0.39 is 11.4 Å². The maximum Gasteiger partial charge on any atom is 0.137 e. The highest BCUT2D eigenvalue weighted by molar-refractivity contribution is 9.10. The van der Waals surface area contributed by atoms with Gasteiger partial charge in [0, 0.05) is 17.9 Å². The van der Waals surface area contributed by atoms with Crippen molar-refractivity contribution in [2.45, 2.75) is 45.4 Å². The predicted molar refractivity (Wildman–Crippen MR) is 80.6 cm³/mol. The first-order valence-electron chi connectivity index (χ1n) is 6.08. The van der Waals surface area contributed by atoms with Crippen LogP contribution in [0.1, 0.15) is 46.4 Å². The van der Waals surface area contributed by atoms with Gasteiger partial charge in [0.2, 0.25) is 0 Å². The molecule has 102 valence electrons. The molecule has 0 fully saturated rings. The first-order valence-corrected chi connectivity index (χ1v) is 7.98. The summed E-state index contributed by atoms with van der Waals surface area (Å²) >= 11 is 2.34.